The molecule has 2 atom stereocenters. The second-order valence-corrected chi connectivity index (χ2v) is 23.2. The highest BCUT2D eigenvalue weighted by molar-refractivity contribution is 6.31. The molecule has 7 aromatic rings. The highest BCUT2D eigenvalue weighted by atomic mass is 35.5. The summed E-state index contributed by atoms with van der Waals surface area (Å²) in [6.45, 7) is 13.8. The van der Waals surface area contributed by atoms with E-state index in [1.165, 1.54) is 30.4 Å². The second-order valence-electron chi connectivity index (χ2n) is 22.3. The Labute approximate surface area is 485 Å². The molecule has 0 spiro atoms. The van der Waals surface area contributed by atoms with E-state index in [-0.39, 0.29) is 40.4 Å². The Kier molecular flexibility index (Phi) is 18.4. The minimum Gasteiger partial charge on any atom is -0.497 e. The summed E-state index contributed by atoms with van der Waals surface area (Å²) in [5.74, 6) is 0.877. The van der Waals surface area contributed by atoms with Crippen molar-refractivity contribution in [2.45, 2.75) is 104 Å². The molecular formula is C59H71Cl2N11O10. The van der Waals surface area contributed by atoms with E-state index >= 15 is 0 Å². The zero-order valence-electron chi connectivity index (χ0n) is 48.2. The third-order valence-corrected chi connectivity index (χ3v) is 14.7. The van der Waals surface area contributed by atoms with Gasteiger partial charge in [-0.25, -0.2) is 24.6 Å². The summed E-state index contributed by atoms with van der Waals surface area (Å²) >= 11 is 13.0. The molecule has 436 valence electrons. The third kappa shape index (κ3) is 13.9. The fraction of sp³-hybridized carbons (Fsp3) is 0.424. The van der Waals surface area contributed by atoms with Gasteiger partial charge in [-0.2, -0.15) is 0 Å². The van der Waals surface area contributed by atoms with E-state index < -0.39 is 29.3 Å². The molecule has 2 fully saturated rings. The Morgan fingerprint density at radius 1 is 0.646 bits per heavy atom. The number of hydrogen-bond donors (Lipinski definition) is 2. The van der Waals surface area contributed by atoms with Crippen molar-refractivity contribution in [2.24, 2.45) is 14.1 Å². The van der Waals surface area contributed by atoms with Gasteiger partial charge in [0.15, 0.2) is 0 Å². The quantitative estimate of drug-likeness (QED) is 0.0815. The van der Waals surface area contributed by atoms with Crippen molar-refractivity contribution in [3.05, 3.63) is 144 Å². The van der Waals surface area contributed by atoms with E-state index in [0.29, 0.717) is 94.6 Å². The van der Waals surface area contributed by atoms with Crippen molar-refractivity contribution in [2.75, 3.05) is 57.2 Å². The maximum atomic E-state index is 13.9. The van der Waals surface area contributed by atoms with Crippen LogP contribution in [-0.4, -0.2) is 128 Å². The first-order valence-corrected chi connectivity index (χ1v) is 27.8. The molecule has 0 aliphatic carbocycles. The van der Waals surface area contributed by atoms with Gasteiger partial charge < -0.3 is 52.9 Å². The van der Waals surface area contributed by atoms with Gasteiger partial charge in [0.25, 0.3) is 17.0 Å². The van der Waals surface area contributed by atoms with Crippen LogP contribution in [-0.2, 0) is 41.5 Å². The molecule has 6 heterocycles. The zero-order chi connectivity index (χ0) is 59.4. The average molecular weight is 1170 g/mol. The van der Waals surface area contributed by atoms with E-state index in [1.807, 2.05) is 92.0 Å². The number of aromatic nitrogens is 6. The number of pyridine rings is 2. The first kappa shape index (κ1) is 60.2. The molecule has 82 heavy (non-hydrogen) atoms. The number of ether oxygens (including phenoxy) is 3. The van der Waals surface area contributed by atoms with E-state index in [4.69, 9.17) is 52.2 Å². The van der Waals surface area contributed by atoms with Crippen LogP contribution >= 0.6 is 23.2 Å². The fourth-order valence-electron chi connectivity index (χ4n) is 10.0. The average Bonchev–Trinajstić information content (AvgIpc) is 3.49. The molecule has 2 aliphatic heterocycles. The summed E-state index contributed by atoms with van der Waals surface area (Å²) in [6, 6.07) is 24.6. The number of benzene rings is 3. The Morgan fingerprint density at radius 3 is 1.54 bits per heavy atom. The largest absolute Gasteiger partial charge is 0.497 e. The van der Waals surface area contributed by atoms with Crippen LogP contribution < -0.4 is 36.3 Å². The lowest BCUT2D eigenvalue weighted by atomic mass is 10.1. The van der Waals surface area contributed by atoms with Gasteiger partial charge in [-0.15, -0.1) is 0 Å². The van der Waals surface area contributed by atoms with Crippen LogP contribution in [0, 0.1) is 0 Å². The fourth-order valence-corrected chi connectivity index (χ4v) is 10.4. The summed E-state index contributed by atoms with van der Waals surface area (Å²) in [4.78, 5) is 98.0. The summed E-state index contributed by atoms with van der Waals surface area (Å²) in [7, 11) is 7.52. The summed E-state index contributed by atoms with van der Waals surface area (Å²) < 4.78 is 22.6. The second kappa shape index (κ2) is 25.1. The number of carbonyl (C=O) groups is 4. The molecule has 3 aromatic carbocycles. The maximum absolute atomic E-state index is 13.9. The zero-order valence-corrected chi connectivity index (χ0v) is 49.7. The predicted octanol–water partition coefficient (Wildman–Crippen LogP) is 8.73. The van der Waals surface area contributed by atoms with Crippen molar-refractivity contribution in [1.82, 2.24) is 43.9 Å². The number of amides is 3. The molecule has 0 bridgehead atoms. The van der Waals surface area contributed by atoms with Crippen LogP contribution in [0.4, 0.5) is 21.5 Å². The van der Waals surface area contributed by atoms with Gasteiger partial charge in [0, 0.05) is 75.0 Å². The molecule has 3 amide bonds. The summed E-state index contributed by atoms with van der Waals surface area (Å²) in [5, 5.41) is 8.13. The van der Waals surface area contributed by atoms with E-state index in [0.717, 1.165) is 41.9 Å². The molecule has 2 N–H and O–H groups in total. The Bertz CT molecular complexity index is 3650. The highest BCUT2D eigenvalue weighted by Crippen LogP contribution is 2.31. The van der Waals surface area contributed by atoms with Crippen molar-refractivity contribution >= 4 is 81.0 Å². The molecule has 0 unspecified atom stereocenters. The molecular weight excluding hydrogens is 1090 g/mol. The molecule has 21 nitrogen and oxygen atoms in total. The number of nitrogens with one attached hydrogen (secondary N) is 2. The number of fused-ring (bicyclic) bond motifs is 2. The lowest BCUT2D eigenvalue weighted by molar-refractivity contribution is -0.0763. The lowest BCUT2D eigenvalue weighted by Gasteiger charge is -2.34. The van der Waals surface area contributed by atoms with Crippen LogP contribution in [0.15, 0.2) is 94.5 Å². The molecule has 2 aliphatic rings. The van der Waals surface area contributed by atoms with Crippen LogP contribution in [0.5, 0.6) is 5.75 Å². The normalized spacial score (nSPS) is 15.6. The highest BCUT2D eigenvalue weighted by Gasteiger charge is 2.32. The number of nitrogens with zero attached hydrogens (tertiary/aromatic N) is 9. The Balaban J connectivity index is 0.000000216. The van der Waals surface area contributed by atoms with Crippen LogP contribution in [0.3, 0.4) is 0 Å². The number of halogens is 2. The maximum Gasteiger partial charge on any atom is 0.407 e. The van der Waals surface area contributed by atoms with Crippen LogP contribution in [0.1, 0.15) is 105 Å². The van der Waals surface area contributed by atoms with Gasteiger partial charge in [-0.1, -0.05) is 71.7 Å². The number of rotatable bonds is 13. The van der Waals surface area contributed by atoms with E-state index in [2.05, 4.69) is 15.5 Å². The van der Waals surface area contributed by atoms with Gasteiger partial charge in [-0.05, 0) is 115 Å². The molecule has 4 aromatic heterocycles. The number of methoxy groups -OCH3 is 1. The standard InChI is InChI=1S/C32H36ClN5O5.C27H35ClN6O5/c1-32(2,3)43-31(41)34-22-12-9-15-37(19-22)30-35-25-17-26(28(39)20-11-8-13-23(16-20)42-5)36(4)29(40)27(25)38(30)18-21-10-6-7-14-24(21)33;1-27(2,3)39-26(37)29-18-11-9-13-33(16-18)25-30-20-14-21(23(35)32(5)38-6)31(4)24(36)22(20)34(25)15-17-10-7-8-12-19(17)28/h6-8,10-11,13-14,16-17,22H,9,12,15,18-19H2,1-5H3,(H,34,41);7-8,10,12,14,18H,9,11,13,15-16H2,1-6H3,(H,29,37)/t22-;18-/m11/s1. The summed E-state index contributed by atoms with van der Waals surface area (Å²) in [6.07, 6.45) is 2.21. The number of ketones is 1. The molecule has 0 radical (unpaired) electrons. The number of alkyl carbamates (subject to hydrolysis) is 2. The van der Waals surface area contributed by atoms with Crippen molar-refractivity contribution in [3.8, 4) is 5.75 Å². The first-order chi connectivity index (χ1) is 38.8. The lowest BCUT2D eigenvalue weighted by Crippen LogP contribution is -2.49. The summed E-state index contributed by atoms with van der Waals surface area (Å²) in [5.41, 5.74) is 1.97. The van der Waals surface area contributed by atoms with Crippen molar-refractivity contribution < 1.29 is 38.2 Å². The number of hydroxylamine groups is 2. The van der Waals surface area contributed by atoms with Gasteiger partial charge in [0.1, 0.15) is 33.7 Å². The molecule has 23 heteroatoms. The van der Waals surface area contributed by atoms with Crippen molar-refractivity contribution in [1.29, 1.82) is 0 Å². The minimum absolute atomic E-state index is 0.147. The molecule has 0 saturated carbocycles. The van der Waals surface area contributed by atoms with E-state index in [1.54, 1.807) is 62.6 Å². The van der Waals surface area contributed by atoms with Crippen LogP contribution in [0.25, 0.3) is 22.1 Å². The molecule has 2 saturated heterocycles. The van der Waals surface area contributed by atoms with Crippen molar-refractivity contribution in [3.63, 3.8) is 0 Å². The van der Waals surface area contributed by atoms with Crippen LogP contribution in [0.2, 0.25) is 10.0 Å². The Morgan fingerprint density at radius 2 is 1.10 bits per heavy atom. The molecule has 9 rings (SSSR count). The van der Waals surface area contributed by atoms with Gasteiger partial charge in [-0.3, -0.25) is 24.0 Å². The smallest absolute Gasteiger partial charge is 0.407 e. The third-order valence-electron chi connectivity index (χ3n) is 14.0. The number of anilines is 2. The number of hydrogen-bond acceptors (Lipinski definition) is 14. The SMILES string of the molecule is CON(C)C(=O)c1cc2nc(N3CCC[C@@H](NC(=O)OC(C)(C)C)C3)n(Cc3ccccc3Cl)c2c(=O)n1C.COc1cccc(C(=O)c2cc3nc(N4CCC[C@@H](NC(=O)OC(C)(C)C)C4)n(Cc4ccccc4Cl)c3c(=O)n2C)c1. The Hall–Kier alpha value is -7.88. The van der Waals surface area contributed by atoms with E-state index in [9.17, 15) is 28.8 Å². The minimum atomic E-state index is -0.610. The van der Waals surface area contributed by atoms with Gasteiger partial charge >= 0.3 is 12.2 Å². The number of imidazole rings is 2. The monoisotopic (exact) mass is 1160 g/mol. The first-order valence-electron chi connectivity index (χ1n) is 27.0. The predicted molar refractivity (Wildman–Crippen MR) is 316 cm³/mol. The number of carbonyl (C=O) groups excluding carboxylic acids is 4. The van der Waals surface area contributed by atoms with Gasteiger partial charge in [0.2, 0.25) is 17.7 Å². The van der Waals surface area contributed by atoms with Gasteiger partial charge in [0.05, 0.1) is 44.0 Å². The topological polar surface area (TPSA) is 219 Å². The number of piperidine rings is 2.